The van der Waals surface area contributed by atoms with Crippen molar-refractivity contribution < 1.29 is 13.9 Å². The van der Waals surface area contributed by atoms with Crippen LogP contribution >= 0.6 is 0 Å². The standard InChI is InChI=1S/C33H29NO5/c1-18-14-21(15-19(2)26(18)17-35)38-13-12-34-31(36)23-8-7-22-25-16-20(33(3,4)5)6-10-27(25)39-28-11-9-24(32(34)37)29(23)30(22)28/h6-11,14-17H,12-13H2,1-5H3. The highest BCUT2D eigenvalue weighted by Gasteiger charge is 2.21. The SMILES string of the molecule is Cc1cc(OCCn2c(=O)c3ccc4oc5ccc(C(C)(C)C)cc5c5ccc(c2=O)c3c45)cc(C)c1C=O. The Kier molecular flexibility index (Phi) is 5.61. The summed E-state index contributed by atoms with van der Waals surface area (Å²) in [5.74, 6) is 0.594. The third-order valence-corrected chi connectivity index (χ3v) is 7.70. The van der Waals surface area contributed by atoms with E-state index in [1.165, 1.54) is 10.1 Å². The molecule has 0 aliphatic carbocycles. The summed E-state index contributed by atoms with van der Waals surface area (Å²) in [4.78, 5) is 38.4. The lowest BCUT2D eigenvalue weighted by Gasteiger charge is -2.20. The van der Waals surface area contributed by atoms with Gasteiger partial charge < -0.3 is 9.15 Å². The minimum absolute atomic E-state index is 0.0376. The summed E-state index contributed by atoms with van der Waals surface area (Å²) >= 11 is 0. The lowest BCUT2D eigenvalue weighted by Crippen LogP contribution is -2.35. The van der Waals surface area contributed by atoms with Gasteiger partial charge in [-0.1, -0.05) is 32.9 Å². The number of carbonyl (C=O) groups is 1. The predicted octanol–water partition coefficient (Wildman–Crippen LogP) is 6.66. The molecule has 0 amide bonds. The van der Waals surface area contributed by atoms with E-state index in [9.17, 15) is 14.4 Å². The maximum atomic E-state index is 13.6. The molecule has 0 spiro atoms. The molecule has 6 aromatic rings. The molecule has 0 saturated heterocycles. The topological polar surface area (TPSA) is 78.5 Å². The highest BCUT2D eigenvalue weighted by Crippen LogP contribution is 2.38. The molecule has 0 atom stereocenters. The number of fused-ring (bicyclic) bond motifs is 2. The molecule has 6 nitrogen and oxygen atoms in total. The van der Waals surface area contributed by atoms with Crippen molar-refractivity contribution in [1.82, 2.24) is 4.57 Å². The Hall–Kier alpha value is -4.45. The molecule has 0 aliphatic rings. The quantitative estimate of drug-likeness (QED) is 0.145. The molecule has 6 rings (SSSR count). The molecule has 39 heavy (non-hydrogen) atoms. The maximum Gasteiger partial charge on any atom is 0.261 e. The molecule has 0 radical (unpaired) electrons. The summed E-state index contributed by atoms with van der Waals surface area (Å²) in [6, 6.07) is 17.1. The van der Waals surface area contributed by atoms with Gasteiger partial charge in [0.05, 0.1) is 6.54 Å². The number of hydrogen-bond donors (Lipinski definition) is 0. The number of carbonyl (C=O) groups excluding carboxylic acids is 1. The Morgan fingerprint density at radius 2 is 1.41 bits per heavy atom. The smallest absolute Gasteiger partial charge is 0.261 e. The van der Waals surface area contributed by atoms with Gasteiger partial charge in [-0.2, -0.15) is 0 Å². The summed E-state index contributed by atoms with van der Waals surface area (Å²) in [5.41, 5.74) is 4.12. The molecule has 0 bridgehead atoms. The number of aryl methyl sites for hydroxylation is 2. The van der Waals surface area contributed by atoms with Gasteiger partial charge in [-0.05, 0) is 83.8 Å². The zero-order valence-corrected chi connectivity index (χ0v) is 22.7. The third kappa shape index (κ3) is 3.90. The number of aromatic nitrogens is 1. The van der Waals surface area contributed by atoms with Crippen molar-refractivity contribution in [3.63, 3.8) is 0 Å². The predicted molar refractivity (Wildman–Crippen MR) is 156 cm³/mol. The first-order valence-electron chi connectivity index (χ1n) is 13.1. The molecule has 6 heteroatoms. The highest BCUT2D eigenvalue weighted by molar-refractivity contribution is 6.26. The third-order valence-electron chi connectivity index (χ3n) is 7.70. The van der Waals surface area contributed by atoms with Crippen molar-refractivity contribution in [2.24, 2.45) is 0 Å². The Morgan fingerprint density at radius 1 is 0.795 bits per heavy atom. The number of aldehydes is 1. The number of benzene rings is 4. The monoisotopic (exact) mass is 519 g/mol. The first-order valence-corrected chi connectivity index (χ1v) is 13.1. The Balaban J connectivity index is 1.46. The Labute approximate surface area is 224 Å². The zero-order chi connectivity index (χ0) is 27.6. The molecule has 2 heterocycles. The Bertz CT molecular complexity index is 2000. The normalized spacial score (nSPS) is 12.2. The van der Waals surface area contributed by atoms with Crippen molar-refractivity contribution >= 4 is 49.8 Å². The second-order valence-corrected chi connectivity index (χ2v) is 11.3. The zero-order valence-electron chi connectivity index (χ0n) is 22.7. The fraction of sp³-hybridized carbons (Fsp3) is 0.242. The van der Waals surface area contributed by atoms with Gasteiger partial charge in [0.25, 0.3) is 11.1 Å². The first-order chi connectivity index (χ1) is 18.6. The van der Waals surface area contributed by atoms with E-state index in [-0.39, 0.29) is 29.7 Å². The van der Waals surface area contributed by atoms with Gasteiger partial charge in [0.15, 0.2) is 6.29 Å². The molecule has 2 aromatic heterocycles. The summed E-state index contributed by atoms with van der Waals surface area (Å²) in [6.07, 6.45) is 0.834. The first kappa shape index (κ1) is 24.9. The largest absolute Gasteiger partial charge is 0.492 e. The highest BCUT2D eigenvalue weighted by atomic mass is 16.5. The van der Waals surface area contributed by atoms with Gasteiger partial charge in [0.1, 0.15) is 23.5 Å². The lowest BCUT2D eigenvalue weighted by atomic mass is 9.85. The van der Waals surface area contributed by atoms with E-state index in [0.717, 1.165) is 39.2 Å². The van der Waals surface area contributed by atoms with Crippen molar-refractivity contribution in [2.45, 2.75) is 46.6 Å². The van der Waals surface area contributed by atoms with E-state index in [2.05, 4.69) is 32.9 Å². The van der Waals surface area contributed by atoms with Crippen LogP contribution in [0.2, 0.25) is 0 Å². The summed E-state index contributed by atoms with van der Waals surface area (Å²) in [6.45, 7) is 10.4. The lowest BCUT2D eigenvalue weighted by molar-refractivity contribution is 0.112. The van der Waals surface area contributed by atoms with Crippen LogP contribution in [0.15, 0.2) is 68.6 Å². The van der Waals surface area contributed by atoms with E-state index in [0.29, 0.717) is 33.1 Å². The molecule has 0 N–H and O–H groups in total. The summed E-state index contributed by atoms with van der Waals surface area (Å²) in [5, 5.41) is 4.31. The fourth-order valence-corrected chi connectivity index (χ4v) is 5.59. The molecule has 0 fully saturated rings. The van der Waals surface area contributed by atoms with Crippen LogP contribution in [0.4, 0.5) is 0 Å². The number of pyridine rings is 1. The average molecular weight is 520 g/mol. The second-order valence-electron chi connectivity index (χ2n) is 11.3. The molecule has 4 aromatic carbocycles. The maximum absolute atomic E-state index is 13.6. The number of nitrogens with zero attached hydrogens (tertiary/aromatic N) is 1. The average Bonchev–Trinajstić information content (AvgIpc) is 2.89. The van der Waals surface area contributed by atoms with Crippen LogP contribution in [0.25, 0.3) is 43.5 Å². The van der Waals surface area contributed by atoms with Crippen LogP contribution in [-0.4, -0.2) is 17.5 Å². The van der Waals surface area contributed by atoms with E-state index < -0.39 is 0 Å². The van der Waals surface area contributed by atoms with Gasteiger partial charge in [-0.25, -0.2) is 0 Å². The van der Waals surface area contributed by atoms with Gasteiger partial charge in [-0.15, -0.1) is 0 Å². The molecular weight excluding hydrogens is 490 g/mol. The van der Waals surface area contributed by atoms with Crippen LogP contribution in [0.3, 0.4) is 0 Å². The fourth-order valence-electron chi connectivity index (χ4n) is 5.59. The van der Waals surface area contributed by atoms with Crippen LogP contribution in [0.1, 0.15) is 47.8 Å². The van der Waals surface area contributed by atoms with Gasteiger partial charge in [-0.3, -0.25) is 19.0 Å². The van der Waals surface area contributed by atoms with Gasteiger partial charge >= 0.3 is 0 Å². The molecule has 196 valence electrons. The minimum atomic E-state index is -0.349. The van der Waals surface area contributed by atoms with Crippen molar-refractivity contribution in [2.75, 3.05) is 6.61 Å². The molecule has 0 saturated carbocycles. The minimum Gasteiger partial charge on any atom is -0.492 e. The second kappa shape index (κ2) is 8.80. The van der Waals surface area contributed by atoms with Gasteiger partial charge in [0, 0.05) is 32.5 Å². The van der Waals surface area contributed by atoms with E-state index >= 15 is 0 Å². The molecular formula is C33H29NO5. The van der Waals surface area contributed by atoms with Crippen LogP contribution < -0.4 is 15.9 Å². The Morgan fingerprint density at radius 3 is 2.05 bits per heavy atom. The van der Waals surface area contributed by atoms with E-state index in [1.54, 1.807) is 18.2 Å². The molecule has 0 aliphatic heterocycles. The number of rotatable bonds is 5. The summed E-state index contributed by atoms with van der Waals surface area (Å²) < 4.78 is 13.4. The van der Waals surface area contributed by atoms with E-state index in [1.807, 2.05) is 38.1 Å². The molecule has 0 unspecified atom stereocenters. The van der Waals surface area contributed by atoms with Crippen molar-refractivity contribution in [3.8, 4) is 5.75 Å². The number of hydrogen-bond acceptors (Lipinski definition) is 5. The summed E-state index contributed by atoms with van der Waals surface area (Å²) in [7, 11) is 0. The van der Waals surface area contributed by atoms with E-state index in [4.69, 9.17) is 9.15 Å². The van der Waals surface area contributed by atoms with Crippen LogP contribution in [-0.2, 0) is 12.0 Å². The number of ether oxygens (including phenoxy) is 1. The van der Waals surface area contributed by atoms with Crippen molar-refractivity contribution in [3.05, 3.63) is 97.6 Å². The van der Waals surface area contributed by atoms with Crippen molar-refractivity contribution in [1.29, 1.82) is 0 Å². The van der Waals surface area contributed by atoms with Crippen LogP contribution in [0.5, 0.6) is 5.75 Å². The van der Waals surface area contributed by atoms with Gasteiger partial charge in [0.2, 0.25) is 0 Å². The van der Waals surface area contributed by atoms with Crippen LogP contribution in [0, 0.1) is 13.8 Å².